The first-order valence-electron chi connectivity index (χ1n) is 25.0. The van der Waals surface area contributed by atoms with E-state index in [1.165, 1.54) is 14.2 Å². The first-order chi connectivity index (χ1) is 35.6. The minimum absolute atomic E-state index is 0.0223. The Labute approximate surface area is 439 Å². The molecule has 0 bridgehead atoms. The molecule has 4 amide bonds. The molecule has 3 N–H and O–H groups in total. The van der Waals surface area contributed by atoms with Gasteiger partial charge in [-0.25, -0.2) is 0 Å². The standard InChI is InChI=1S/C57H62N6O9S2/c1-33(64)16-17-34(2)73-74-57(4,5)19-18-53(65)60-35(3)54(66)61-40-21-36(31-71-51-27-45-43(25-49(51)69-6)55(67)62-41(29-58-45)23-38-12-8-10-14-47(38)62)20-37(22-40)32-72-52-28-46-44(26-50(52)70-7)56(68)63-42(30-59-46)24-39-13-9-11-15-48(39)63/h8-15,20-22,25-29,34-35,41-42,59H,16-19,23-24,30-32H2,1-7H3,(H,60,65)(H,61,66)/t34?,35-,41-,42-/m0/s1. The quantitative estimate of drug-likeness (QED) is 0.0630. The van der Waals surface area contributed by atoms with Crippen molar-refractivity contribution in [2.45, 2.75) is 114 Å². The summed E-state index contributed by atoms with van der Waals surface area (Å²) in [5.41, 5.74) is 7.73. The number of nitrogens with one attached hydrogen (secondary N) is 3. The van der Waals surface area contributed by atoms with E-state index < -0.39 is 11.9 Å². The van der Waals surface area contributed by atoms with Crippen LogP contribution in [0.4, 0.5) is 28.4 Å². The van der Waals surface area contributed by atoms with Gasteiger partial charge in [-0.3, -0.25) is 29.1 Å². The molecule has 74 heavy (non-hydrogen) atoms. The van der Waals surface area contributed by atoms with Crippen molar-refractivity contribution in [1.82, 2.24) is 5.32 Å². The number of ether oxygens (including phenoxy) is 4. The summed E-state index contributed by atoms with van der Waals surface area (Å²) in [7, 11) is 6.48. The number of carbonyl (C=O) groups is 5. The number of nitrogens with zero attached hydrogens (tertiary/aromatic N) is 3. The van der Waals surface area contributed by atoms with Crippen LogP contribution in [0.2, 0.25) is 0 Å². The molecule has 4 atom stereocenters. The zero-order valence-electron chi connectivity index (χ0n) is 42.7. The summed E-state index contributed by atoms with van der Waals surface area (Å²) < 4.78 is 24.3. The van der Waals surface area contributed by atoms with E-state index in [4.69, 9.17) is 23.9 Å². The third kappa shape index (κ3) is 11.5. The van der Waals surface area contributed by atoms with Crippen molar-refractivity contribution in [3.8, 4) is 23.0 Å². The number of benzene rings is 5. The molecule has 0 fully saturated rings. The Hall–Kier alpha value is -6.98. The fraction of sp³-hybridized carbons (Fsp3) is 0.368. The number of para-hydroxylation sites is 2. The van der Waals surface area contributed by atoms with Gasteiger partial charge in [0.1, 0.15) is 25.0 Å². The number of hydrogen-bond donors (Lipinski definition) is 3. The van der Waals surface area contributed by atoms with Crippen LogP contribution in [0.15, 0.2) is 96.0 Å². The maximum atomic E-state index is 14.1. The van der Waals surface area contributed by atoms with Crippen LogP contribution in [0, 0.1) is 0 Å². The average Bonchev–Trinajstić information content (AvgIpc) is 3.88. The molecule has 0 aliphatic carbocycles. The van der Waals surface area contributed by atoms with Gasteiger partial charge in [-0.1, -0.05) is 64.9 Å². The maximum Gasteiger partial charge on any atom is 0.261 e. The average molecular weight is 1040 g/mol. The molecule has 0 saturated carbocycles. The first-order valence-corrected chi connectivity index (χ1v) is 27.2. The van der Waals surface area contributed by atoms with E-state index in [9.17, 15) is 24.0 Å². The number of hydrogen-bond acceptors (Lipinski definition) is 13. The number of ketones is 1. The number of Topliss-reactive ketones (excluding diaryl/α,β-unsaturated/α-hetero) is 1. The van der Waals surface area contributed by atoms with Gasteiger partial charge in [0.05, 0.1) is 48.8 Å². The van der Waals surface area contributed by atoms with Gasteiger partial charge < -0.3 is 44.6 Å². The third-order valence-electron chi connectivity index (χ3n) is 13.7. The molecule has 4 aliphatic heterocycles. The summed E-state index contributed by atoms with van der Waals surface area (Å²) >= 11 is 0. The van der Waals surface area contributed by atoms with Gasteiger partial charge in [-0.15, -0.1) is 0 Å². The number of aliphatic imine (C=N–C) groups is 1. The van der Waals surface area contributed by atoms with Crippen molar-refractivity contribution in [2.24, 2.45) is 4.99 Å². The second-order valence-corrected chi connectivity index (χ2v) is 23.2. The fourth-order valence-corrected chi connectivity index (χ4v) is 12.3. The maximum absolute atomic E-state index is 14.1. The van der Waals surface area contributed by atoms with E-state index in [0.29, 0.717) is 93.4 Å². The van der Waals surface area contributed by atoms with E-state index >= 15 is 0 Å². The van der Waals surface area contributed by atoms with Gasteiger partial charge in [0, 0.05) is 71.2 Å². The van der Waals surface area contributed by atoms with Crippen LogP contribution in [0.25, 0.3) is 0 Å². The van der Waals surface area contributed by atoms with Crippen molar-refractivity contribution < 1.29 is 42.9 Å². The predicted molar refractivity (Wildman–Crippen MR) is 293 cm³/mol. The molecule has 0 saturated heterocycles. The Morgan fingerprint density at radius 2 is 1.41 bits per heavy atom. The molecule has 0 aromatic heterocycles. The van der Waals surface area contributed by atoms with Gasteiger partial charge >= 0.3 is 0 Å². The highest BCUT2D eigenvalue weighted by Crippen LogP contribution is 2.44. The monoisotopic (exact) mass is 1040 g/mol. The van der Waals surface area contributed by atoms with E-state index in [1.54, 1.807) is 82.9 Å². The van der Waals surface area contributed by atoms with Crippen molar-refractivity contribution >= 4 is 85.7 Å². The number of methoxy groups -OCH3 is 2. The van der Waals surface area contributed by atoms with Crippen LogP contribution < -0.4 is 44.7 Å². The van der Waals surface area contributed by atoms with Crippen LogP contribution in [-0.4, -0.2) is 84.5 Å². The van der Waals surface area contributed by atoms with Crippen LogP contribution in [-0.2, 0) is 40.4 Å². The lowest BCUT2D eigenvalue weighted by molar-refractivity contribution is -0.126. The molecular weight excluding hydrogens is 977 g/mol. The van der Waals surface area contributed by atoms with Gasteiger partial charge in [0.25, 0.3) is 11.8 Å². The zero-order valence-corrected chi connectivity index (χ0v) is 44.4. The summed E-state index contributed by atoms with van der Waals surface area (Å²) in [5.74, 6) is 0.721. The molecular formula is C57H62N6O9S2. The summed E-state index contributed by atoms with van der Waals surface area (Å²) in [6.07, 6.45) is 5.39. The topological polar surface area (TPSA) is 177 Å². The lowest BCUT2D eigenvalue weighted by atomic mass is 10.1. The van der Waals surface area contributed by atoms with Crippen LogP contribution in [0.5, 0.6) is 23.0 Å². The first kappa shape index (κ1) is 51.9. The van der Waals surface area contributed by atoms with E-state index in [-0.39, 0.29) is 60.0 Å². The number of amides is 4. The molecule has 17 heteroatoms. The van der Waals surface area contributed by atoms with E-state index in [2.05, 4.69) is 42.8 Å². The Balaban J connectivity index is 0.924. The second-order valence-electron chi connectivity index (χ2n) is 19.8. The van der Waals surface area contributed by atoms with Crippen molar-refractivity contribution in [1.29, 1.82) is 0 Å². The predicted octanol–water partition coefficient (Wildman–Crippen LogP) is 10.3. The Kier molecular flexibility index (Phi) is 15.6. The van der Waals surface area contributed by atoms with Gasteiger partial charge in [0.2, 0.25) is 11.8 Å². The summed E-state index contributed by atoms with van der Waals surface area (Å²) in [4.78, 5) is 75.1. The molecule has 9 rings (SSSR count). The highest BCUT2D eigenvalue weighted by molar-refractivity contribution is 8.77. The number of anilines is 4. The smallest absolute Gasteiger partial charge is 0.261 e. The van der Waals surface area contributed by atoms with Crippen LogP contribution >= 0.6 is 21.6 Å². The Morgan fingerprint density at radius 1 is 0.784 bits per heavy atom. The van der Waals surface area contributed by atoms with Crippen molar-refractivity contribution in [3.63, 3.8) is 0 Å². The lowest BCUT2D eigenvalue weighted by Gasteiger charge is -2.25. The molecule has 5 aromatic rings. The van der Waals surface area contributed by atoms with Gasteiger partial charge in [-0.2, -0.15) is 0 Å². The molecule has 5 aromatic carbocycles. The number of rotatable bonds is 20. The second kappa shape index (κ2) is 22.2. The number of carbonyl (C=O) groups excluding carboxylic acids is 5. The summed E-state index contributed by atoms with van der Waals surface area (Å²) in [5, 5.41) is 9.64. The molecule has 0 radical (unpaired) electrons. The molecule has 4 heterocycles. The zero-order chi connectivity index (χ0) is 52.3. The van der Waals surface area contributed by atoms with Gasteiger partial charge in [-0.05, 0) is 112 Å². The SMILES string of the molecule is COc1cc2c(cc1OCc1cc(COc3cc4c(cc3OC)C(=O)N3c5ccccc5C[C@H]3CN4)cc(NC(=O)[C@H](C)NC(=O)CCC(C)(C)SSC(C)CCC(C)=O)c1)N=C[C@@H]1Cc3ccccc3N1C2=O. The molecule has 1 unspecified atom stereocenters. The largest absolute Gasteiger partial charge is 0.493 e. The minimum Gasteiger partial charge on any atom is -0.493 e. The molecule has 4 aliphatic rings. The fourth-order valence-electron chi connectivity index (χ4n) is 9.68. The van der Waals surface area contributed by atoms with E-state index in [1.807, 2.05) is 53.4 Å². The Morgan fingerprint density at radius 3 is 2.08 bits per heavy atom. The highest BCUT2D eigenvalue weighted by atomic mass is 33.1. The highest BCUT2D eigenvalue weighted by Gasteiger charge is 2.39. The Bertz CT molecular complexity index is 3030. The van der Waals surface area contributed by atoms with Gasteiger partial charge in [0.15, 0.2) is 23.0 Å². The normalized spacial score (nSPS) is 17.0. The molecule has 15 nitrogen and oxygen atoms in total. The third-order valence-corrected chi connectivity index (χ3v) is 17.6. The molecule has 386 valence electrons. The van der Waals surface area contributed by atoms with Crippen molar-refractivity contribution in [3.05, 3.63) is 124 Å². The lowest BCUT2D eigenvalue weighted by Crippen LogP contribution is -2.42. The number of fused-ring (bicyclic) bond motifs is 8. The van der Waals surface area contributed by atoms with Crippen molar-refractivity contribution in [2.75, 3.05) is 41.2 Å². The van der Waals surface area contributed by atoms with Crippen LogP contribution in [0.3, 0.4) is 0 Å². The summed E-state index contributed by atoms with van der Waals surface area (Å²) in [6, 6.07) is 27.1. The minimum atomic E-state index is -0.862. The molecule has 0 spiro atoms. The summed E-state index contributed by atoms with van der Waals surface area (Å²) in [6.45, 7) is 10.1. The van der Waals surface area contributed by atoms with E-state index in [0.717, 1.165) is 35.3 Å². The van der Waals surface area contributed by atoms with Crippen LogP contribution in [0.1, 0.15) is 103 Å².